The van der Waals surface area contributed by atoms with Gasteiger partial charge in [0.05, 0.1) is 0 Å². The van der Waals surface area contributed by atoms with Gasteiger partial charge >= 0.3 is 28.9 Å². The molecule has 2 aliphatic carbocycles. The molecule has 36 heavy (non-hydrogen) atoms. The van der Waals surface area contributed by atoms with Gasteiger partial charge in [0, 0.05) is 0 Å². The van der Waals surface area contributed by atoms with E-state index in [0.29, 0.717) is 0 Å². The zero-order valence-electron chi connectivity index (χ0n) is 19.8. The Kier molecular flexibility index (Phi) is 13.0. The van der Waals surface area contributed by atoms with Crippen LogP contribution < -0.4 is 0 Å². The van der Waals surface area contributed by atoms with Crippen LogP contribution in [-0.4, -0.2) is 4.94 Å². The molecule has 0 heterocycles. The van der Waals surface area contributed by atoms with Crippen LogP contribution in [0.4, 0.5) is 0 Å². The maximum Gasteiger partial charge on any atom is -0.0637 e. The van der Waals surface area contributed by atoms with Crippen molar-refractivity contribution in [2.24, 2.45) is 0 Å². The van der Waals surface area contributed by atoms with Gasteiger partial charge in [-0.3, -0.25) is 0 Å². The summed E-state index contributed by atoms with van der Waals surface area (Å²) >= 11 is 1.05. The van der Waals surface area contributed by atoms with Crippen molar-refractivity contribution in [2.75, 3.05) is 0 Å². The fraction of sp³-hybridized carbons (Fsp3) is 0.0625. The van der Waals surface area contributed by atoms with Gasteiger partial charge in [-0.25, -0.2) is 0 Å². The molecule has 0 saturated carbocycles. The molecule has 7 rings (SSSR count). The molecule has 0 aromatic heterocycles. The Morgan fingerprint density at radius 3 is 1.36 bits per heavy atom. The molecule has 0 nitrogen and oxygen atoms in total. The molecule has 0 bridgehead atoms. The Bertz CT molecular complexity index is 1320. The smallest absolute Gasteiger partial charge is 0.0637 e. The Morgan fingerprint density at radius 1 is 0.528 bits per heavy atom. The minimum atomic E-state index is 0. The summed E-state index contributed by atoms with van der Waals surface area (Å²) in [7, 11) is 0. The van der Waals surface area contributed by atoms with E-state index >= 15 is 0 Å². The first-order valence-corrected chi connectivity index (χ1v) is 12.7. The zero-order chi connectivity index (χ0) is 23.6. The summed E-state index contributed by atoms with van der Waals surface area (Å²) < 4.78 is 0. The van der Waals surface area contributed by atoms with E-state index in [9.17, 15) is 0 Å². The maximum atomic E-state index is 4.59. The first-order valence-electron chi connectivity index (χ1n) is 11.3. The van der Waals surface area contributed by atoms with Gasteiger partial charge in [-0.05, 0) is 0 Å². The number of halogens is 2. The van der Waals surface area contributed by atoms with Crippen LogP contribution in [0.3, 0.4) is 0 Å². The summed E-state index contributed by atoms with van der Waals surface area (Å²) in [5, 5.41) is 5.27. The molecule has 2 aliphatic rings. The number of allylic oxidation sites excluding steroid dienone is 2. The van der Waals surface area contributed by atoms with Crippen molar-refractivity contribution < 1.29 is 24.0 Å². The minimum absolute atomic E-state index is 0. The SMILES string of the molecule is Cl.Cl.[B]=[Zr].[C-]1=CCc2ccc3ccccc3c21.[C-]1=CCc2ccc3ccccc3c21.[c-]1ccccc1. The third-order valence-corrected chi connectivity index (χ3v) is 5.77. The summed E-state index contributed by atoms with van der Waals surface area (Å²) in [4.78, 5) is 4.59. The second kappa shape index (κ2) is 15.7. The molecule has 0 unspecified atom stereocenters. The van der Waals surface area contributed by atoms with Crippen LogP contribution in [0.5, 0.6) is 0 Å². The molecule has 0 amide bonds. The van der Waals surface area contributed by atoms with Crippen molar-refractivity contribution >= 4 is 51.3 Å². The molecular weight excluding hydrogens is 557 g/mol. The fourth-order valence-electron chi connectivity index (χ4n) is 4.18. The standard InChI is InChI=1S/2C13H9.C6H5.B.2ClH.Zr/c2*1-2-6-12-10(4-1)8-9-11-5-3-7-13(11)12;1-2-4-6-5-3-1;;;;/h2*1-4,6,8-9H,5H2;1-5H;;2*1H;/q3*-1;;;;. The van der Waals surface area contributed by atoms with Crippen LogP contribution in [0, 0.1) is 18.2 Å². The number of benzene rings is 5. The summed E-state index contributed by atoms with van der Waals surface area (Å²) in [6, 6.07) is 38.2. The van der Waals surface area contributed by atoms with Gasteiger partial charge in [-0.15, -0.1) is 71.0 Å². The molecule has 0 saturated heterocycles. The van der Waals surface area contributed by atoms with E-state index in [-0.39, 0.29) is 24.8 Å². The molecule has 0 N–H and O–H groups in total. The molecule has 1 radical (unpaired) electrons. The predicted octanol–water partition coefficient (Wildman–Crippen LogP) is 8.15. The summed E-state index contributed by atoms with van der Waals surface area (Å²) in [5.41, 5.74) is 5.38. The van der Waals surface area contributed by atoms with Crippen molar-refractivity contribution in [2.45, 2.75) is 12.8 Å². The van der Waals surface area contributed by atoms with E-state index in [1.807, 2.05) is 30.3 Å². The molecule has 0 atom stereocenters. The minimum Gasteiger partial charge on any atom is -0.184 e. The van der Waals surface area contributed by atoms with Crippen LogP contribution >= 0.6 is 24.8 Å². The number of hydrogen-bond acceptors (Lipinski definition) is 0. The van der Waals surface area contributed by atoms with Gasteiger partial charge in [0.15, 0.2) is 0 Å². The number of rotatable bonds is 0. The molecule has 0 aliphatic heterocycles. The quantitative estimate of drug-likeness (QED) is 0.128. The van der Waals surface area contributed by atoms with E-state index < -0.39 is 0 Å². The maximum absolute atomic E-state index is 4.59. The van der Waals surface area contributed by atoms with E-state index in [1.165, 1.54) is 43.8 Å². The van der Waals surface area contributed by atoms with Crippen LogP contribution in [0.15, 0.2) is 115 Å². The summed E-state index contributed by atoms with van der Waals surface area (Å²) in [5.74, 6) is 0. The van der Waals surface area contributed by atoms with Crippen molar-refractivity contribution in [3.05, 3.63) is 156 Å². The van der Waals surface area contributed by atoms with Gasteiger partial charge in [0.2, 0.25) is 0 Å². The van der Waals surface area contributed by atoms with Gasteiger partial charge in [-0.2, -0.15) is 71.8 Å². The molecule has 177 valence electrons. The second-order valence-electron chi connectivity index (χ2n) is 7.82. The Balaban J connectivity index is 0.000000189. The third-order valence-electron chi connectivity index (χ3n) is 5.77. The molecule has 0 spiro atoms. The largest absolute Gasteiger partial charge is 0.184 e. The third kappa shape index (κ3) is 7.33. The number of hydrogen-bond donors (Lipinski definition) is 0. The molecule has 0 fully saturated rings. The van der Waals surface area contributed by atoms with E-state index in [4.69, 9.17) is 0 Å². The molecular formula is C32H25BCl2Zr-3. The zero-order valence-corrected chi connectivity index (χ0v) is 23.9. The first kappa shape index (κ1) is 29.9. The van der Waals surface area contributed by atoms with E-state index in [0.717, 1.165) is 36.8 Å². The summed E-state index contributed by atoms with van der Waals surface area (Å²) in [6.45, 7) is 0. The number of fused-ring (bicyclic) bond motifs is 6. The van der Waals surface area contributed by atoms with Crippen LogP contribution in [0.2, 0.25) is 0 Å². The predicted molar refractivity (Wildman–Crippen MR) is 155 cm³/mol. The Morgan fingerprint density at radius 2 is 0.972 bits per heavy atom. The van der Waals surface area contributed by atoms with Gasteiger partial charge in [0.1, 0.15) is 0 Å². The van der Waals surface area contributed by atoms with Gasteiger partial charge < -0.3 is 0 Å². The van der Waals surface area contributed by atoms with Gasteiger partial charge in [0.25, 0.3) is 0 Å². The average molecular weight is 582 g/mol. The van der Waals surface area contributed by atoms with Gasteiger partial charge in [-0.1, -0.05) is 72.1 Å². The fourth-order valence-corrected chi connectivity index (χ4v) is 4.18. The van der Waals surface area contributed by atoms with Crippen molar-refractivity contribution in [3.63, 3.8) is 0 Å². The second-order valence-corrected chi connectivity index (χ2v) is 7.82. The normalized spacial score (nSPS) is 11.2. The van der Waals surface area contributed by atoms with Crippen molar-refractivity contribution in [1.29, 1.82) is 0 Å². The van der Waals surface area contributed by atoms with Crippen LogP contribution in [0.25, 0.3) is 21.5 Å². The van der Waals surface area contributed by atoms with Crippen LogP contribution in [0.1, 0.15) is 22.3 Å². The topological polar surface area (TPSA) is 0 Å². The first-order chi connectivity index (χ1) is 16.9. The van der Waals surface area contributed by atoms with E-state index in [2.05, 4.69) is 108 Å². The van der Waals surface area contributed by atoms with Crippen molar-refractivity contribution in [1.82, 2.24) is 0 Å². The van der Waals surface area contributed by atoms with E-state index in [1.54, 1.807) is 0 Å². The Hall–Kier alpha value is -2.37. The monoisotopic (exact) mass is 580 g/mol. The molecule has 5 aromatic carbocycles. The van der Waals surface area contributed by atoms with Crippen LogP contribution in [-0.2, 0) is 36.8 Å². The average Bonchev–Trinajstić information content (AvgIpc) is 3.62. The summed E-state index contributed by atoms with van der Waals surface area (Å²) in [6.07, 6.45) is 12.9. The van der Waals surface area contributed by atoms with Crippen molar-refractivity contribution in [3.8, 4) is 0 Å². The molecule has 5 aromatic rings. The molecule has 4 heteroatoms. The Labute approximate surface area is 242 Å².